The number of alkyl halides is 1. The van der Waals surface area contributed by atoms with Gasteiger partial charge in [0.1, 0.15) is 19.1 Å². The lowest BCUT2D eigenvalue weighted by atomic mass is 9.79. The summed E-state index contributed by atoms with van der Waals surface area (Å²) in [6.07, 6.45) is 7.47. The molecule has 1 aliphatic heterocycles. The van der Waals surface area contributed by atoms with Crippen LogP contribution in [0.1, 0.15) is 6.92 Å². The van der Waals surface area contributed by atoms with Gasteiger partial charge in [0.15, 0.2) is 11.5 Å². The molecule has 0 aliphatic carbocycles. The fourth-order valence-electron chi connectivity index (χ4n) is 2.20. The molecule has 0 aromatic heterocycles. The Bertz CT molecular complexity index is 658. The molecule has 0 bridgehead atoms. The van der Waals surface area contributed by atoms with E-state index in [1.54, 1.807) is 18.3 Å². The highest BCUT2D eigenvalue weighted by Crippen LogP contribution is 2.27. The molecule has 1 aromatic carbocycles. The summed E-state index contributed by atoms with van der Waals surface area (Å²) >= 11 is 5.74. The van der Waals surface area contributed by atoms with E-state index in [0.717, 1.165) is 11.0 Å². The number of carbonyl (C=O) groups is 1. The van der Waals surface area contributed by atoms with Gasteiger partial charge in [0.2, 0.25) is 5.91 Å². The number of carbonyl (C=O) groups excluding carboxylic acids is 1. The molecule has 1 radical (unpaired) electrons. The van der Waals surface area contributed by atoms with Crippen LogP contribution in [-0.4, -0.2) is 43.8 Å². The van der Waals surface area contributed by atoms with E-state index in [2.05, 4.69) is 6.58 Å². The van der Waals surface area contributed by atoms with Gasteiger partial charge in [0.05, 0.1) is 0 Å². The predicted octanol–water partition coefficient (Wildman–Crippen LogP) is 2.46. The number of rotatable bonds is 7. The number of hydrogen-bond acceptors (Lipinski definition) is 3. The first-order valence-corrected chi connectivity index (χ1v) is 8.25. The maximum absolute atomic E-state index is 12.2. The number of benzene rings is 1. The number of halogens is 1. The van der Waals surface area contributed by atoms with Gasteiger partial charge in [0.25, 0.3) is 7.41 Å². The van der Waals surface area contributed by atoms with Crippen molar-refractivity contribution in [3.8, 4) is 11.5 Å². The van der Waals surface area contributed by atoms with Crippen molar-refractivity contribution in [1.29, 1.82) is 0 Å². The molecular formula is C18H20BClNO3. The van der Waals surface area contributed by atoms with E-state index in [1.807, 2.05) is 43.4 Å². The monoisotopic (exact) mass is 344 g/mol. The Kier molecular flexibility index (Phi) is 7.00. The number of fused-ring (bicyclic) bond motifs is 1. The highest BCUT2D eigenvalue weighted by atomic mass is 35.5. The second kappa shape index (κ2) is 9.23. The van der Waals surface area contributed by atoms with Crippen LogP contribution in [0.4, 0.5) is 0 Å². The van der Waals surface area contributed by atoms with Gasteiger partial charge in [-0.25, -0.2) is 0 Å². The molecule has 0 N–H and O–H groups in total. The van der Waals surface area contributed by atoms with Crippen molar-refractivity contribution in [2.24, 2.45) is 0 Å². The minimum Gasteiger partial charge on any atom is -0.486 e. The van der Waals surface area contributed by atoms with Crippen molar-refractivity contribution in [3.63, 3.8) is 0 Å². The average molecular weight is 345 g/mol. The van der Waals surface area contributed by atoms with Gasteiger partial charge in [0, 0.05) is 6.54 Å². The first kappa shape index (κ1) is 18.2. The van der Waals surface area contributed by atoms with Crippen LogP contribution >= 0.6 is 11.6 Å². The van der Waals surface area contributed by atoms with Gasteiger partial charge >= 0.3 is 0 Å². The molecular weight excluding hydrogens is 324 g/mol. The highest BCUT2D eigenvalue weighted by Gasteiger charge is 2.18. The lowest BCUT2D eigenvalue weighted by molar-refractivity contribution is -0.123. The summed E-state index contributed by atoms with van der Waals surface area (Å²) in [4.78, 5) is 13.7. The predicted molar refractivity (Wildman–Crippen MR) is 98.3 cm³/mol. The molecule has 1 heterocycles. The third-order valence-electron chi connectivity index (χ3n) is 3.42. The van der Waals surface area contributed by atoms with Crippen molar-refractivity contribution in [2.45, 2.75) is 6.92 Å². The van der Waals surface area contributed by atoms with E-state index in [1.165, 1.54) is 0 Å². The first-order valence-electron chi connectivity index (χ1n) is 7.72. The van der Waals surface area contributed by atoms with E-state index in [9.17, 15) is 4.79 Å². The Morgan fingerprint density at radius 3 is 2.79 bits per heavy atom. The van der Waals surface area contributed by atoms with E-state index < -0.39 is 0 Å². The molecule has 24 heavy (non-hydrogen) atoms. The topological polar surface area (TPSA) is 38.8 Å². The number of allylic oxidation sites excluding steroid dienone is 3. The zero-order chi connectivity index (χ0) is 17.4. The van der Waals surface area contributed by atoms with E-state index >= 15 is 0 Å². The molecule has 0 atom stereocenters. The Morgan fingerprint density at radius 1 is 1.38 bits per heavy atom. The summed E-state index contributed by atoms with van der Waals surface area (Å²) in [7, 11) is 1.76. The summed E-state index contributed by atoms with van der Waals surface area (Å²) in [5.41, 5.74) is 1.76. The smallest absolute Gasteiger partial charge is 0.288 e. The minimum atomic E-state index is -0.181. The van der Waals surface area contributed by atoms with Crippen LogP contribution in [-0.2, 0) is 4.79 Å². The molecule has 2 rings (SSSR count). The molecule has 0 spiro atoms. The van der Waals surface area contributed by atoms with Crippen LogP contribution in [0.5, 0.6) is 11.5 Å². The van der Waals surface area contributed by atoms with Crippen molar-refractivity contribution in [3.05, 3.63) is 54.7 Å². The largest absolute Gasteiger partial charge is 0.486 e. The zero-order valence-corrected chi connectivity index (χ0v) is 14.5. The summed E-state index contributed by atoms with van der Waals surface area (Å²) in [6.45, 7) is 7.19. The molecule has 0 saturated carbocycles. The maximum Gasteiger partial charge on any atom is 0.288 e. The van der Waals surface area contributed by atoms with Crippen LogP contribution in [0.15, 0.2) is 54.7 Å². The standard InChI is InChI=1S/C18H20BClNO3/c1-3-5-6-14(4-2)13-21(18(22)12-20)19-15-7-8-16-17(11-15)24-10-9-23-16/h3-8,11H,2,9-10,12-13H2,1H3/b5-3-,14-6+. The second-order valence-electron chi connectivity index (χ2n) is 5.16. The van der Waals surface area contributed by atoms with E-state index in [-0.39, 0.29) is 11.8 Å². The third kappa shape index (κ3) is 4.93. The van der Waals surface area contributed by atoms with Crippen molar-refractivity contribution < 1.29 is 14.3 Å². The van der Waals surface area contributed by atoms with Gasteiger partial charge in [-0.1, -0.05) is 42.4 Å². The third-order valence-corrected chi connectivity index (χ3v) is 3.65. The van der Waals surface area contributed by atoms with Gasteiger partial charge in [-0.05, 0) is 24.6 Å². The molecule has 6 heteroatoms. The fraction of sp³-hybridized carbons (Fsp3) is 0.278. The summed E-state index contributed by atoms with van der Waals surface area (Å²) < 4.78 is 11.1. The van der Waals surface area contributed by atoms with Gasteiger partial charge in [-0.3, -0.25) is 4.79 Å². The molecule has 0 saturated heterocycles. The van der Waals surface area contributed by atoms with Gasteiger partial charge in [-0.15, -0.1) is 11.6 Å². The highest BCUT2D eigenvalue weighted by molar-refractivity contribution is 6.54. The summed E-state index contributed by atoms with van der Waals surface area (Å²) in [5.74, 6) is 1.13. The lowest BCUT2D eigenvalue weighted by Gasteiger charge is -2.23. The van der Waals surface area contributed by atoms with Gasteiger partial charge < -0.3 is 14.3 Å². The normalized spacial score (nSPS) is 13.7. The first-order chi connectivity index (χ1) is 11.7. The number of amides is 1. The number of ether oxygens (including phenoxy) is 2. The molecule has 1 aliphatic rings. The van der Waals surface area contributed by atoms with Crippen LogP contribution in [0.3, 0.4) is 0 Å². The molecule has 0 fully saturated rings. The number of nitrogens with zero attached hydrogens (tertiary/aromatic N) is 1. The van der Waals surface area contributed by atoms with Crippen molar-refractivity contribution in [2.75, 3.05) is 25.6 Å². The number of hydrogen-bond donors (Lipinski definition) is 0. The van der Waals surface area contributed by atoms with Crippen molar-refractivity contribution >= 4 is 30.4 Å². The quantitative estimate of drug-likeness (QED) is 0.433. The fourth-order valence-corrected chi connectivity index (χ4v) is 2.36. The molecule has 125 valence electrons. The SMILES string of the molecule is C=C/C(=C\C=C/C)CN([B]c1ccc2c(c1)OCCO2)C(=O)CCl. The van der Waals surface area contributed by atoms with Crippen LogP contribution < -0.4 is 14.9 Å². The van der Waals surface area contributed by atoms with Crippen LogP contribution in [0, 0.1) is 0 Å². The molecule has 0 unspecified atom stereocenters. The minimum absolute atomic E-state index is 0.0882. The van der Waals surface area contributed by atoms with Crippen LogP contribution in [0.25, 0.3) is 0 Å². The van der Waals surface area contributed by atoms with Crippen molar-refractivity contribution in [1.82, 2.24) is 4.81 Å². The van der Waals surface area contributed by atoms with Crippen LogP contribution in [0.2, 0.25) is 0 Å². The molecule has 4 nitrogen and oxygen atoms in total. The Labute approximate surface area is 148 Å². The van der Waals surface area contributed by atoms with Gasteiger partial charge in [-0.2, -0.15) is 0 Å². The lowest BCUT2D eigenvalue weighted by Crippen LogP contribution is -2.42. The molecule has 1 amide bonds. The average Bonchev–Trinajstić information content (AvgIpc) is 2.63. The van der Waals surface area contributed by atoms with E-state index in [4.69, 9.17) is 21.1 Å². The Morgan fingerprint density at radius 2 is 2.12 bits per heavy atom. The molecule has 1 aromatic rings. The van der Waals surface area contributed by atoms with E-state index in [0.29, 0.717) is 31.3 Å². The second-order valence-corrected chi connectivity index (χ2v) is 5.43. The summed E-state index contributed by atoms with van der Waals surface area (Å²) in [6, 6.07) is 5.57. The Balaban J connectivity index is 2.16. The summed E-state index contributed by atoms with van der Waals surface area (Å²) in [5, 5.41) is 0. The Hall–Kier alpha value is -2.14. The maximum atomic E-state index is 12.2. The zero-order valence-electron chi connectivity index (χ0n) is 13.7.